The molecule has 0 spiro atoms. The van der Waals surface area contributed by atoms with Crippen LogP contribution in [0.5, 0.6) is 0 Å². The topological polar surface area (TPSA) is 9.23 Å². The minimum atomic E-state index is 0.0308. The van der Waals surface area contributed by atoms with Crippen molar-refractivity contribution in [3.8, 4) is 0 Å². The van der Waals surface area contributed by atoms with Crippen LogP contribution in [-0.2, 0) is 4.74 Å². The summed E-state index contributed by atoms with van der Waals surface area (Å²) in [6.07, 6.45) is 7.70. The van der Waals surface area contributed by atoms with E-state index in [1.807, 2.05) is 0 Å². The van der Waals surface area contributed by atoms with Gasteiger partial charge in [-0.25, -0.2) is 0 Å². The summed E-state index contributed by atoms with van der Waals surface area (Å²) in [5, 5.41) is 0. The highest BCUT2D eigenvalue weighted by atomic mass is 16.5. The molecule has 0 aromatic carbocycles. The molecule has 16 heavy (non-hydrogen) atoms. The Hall–Kier alpha value is -0.0400. The smallest absolute Gasteiger partial charge is 0.0631 e. The Morgan fingerprint density at radius 3 is 1.88 bits per heavy atom. The molecule has 0 unspecified atom stereocenters. The van der Waals surface area contributed by atoms with Gasteiger partial charge < -0.3 is 4.74 Å². The van der Waals surface area contributed by atoms with Crippen LogP contribution in [0, 0.1) is 5.41 Å². The van der Waals surface area contributed by atoms with Crippen molar-refractivity contribution in [3.05, 3.63) is 0 Å². The van der Waals surface area contributed by atoms with Crippen LogP contribution in [0.2, 0.25) is 0 Å². The van der Waals surface area contributed by atoms with E-state index in [-0.39, 0.29) is 5.60 Å². The van der Waals surface area contributed by atoms with Gasteiger partial charge in [0.25, 0.3) is 0 Å². The third kappa shape index (κ3) is 10.5. The summed E-state index contributed by atoms with van der Waals surface area (Å²) in [6.45, 7) is 14.4. The Labute approximate surface area is 103 Å². The summed E-state index contributed by atoms with van der Waals surface area (Å²) >= 11 is 0. The lowest BCUT2D eigenvalue weighted by Crippen LogP contribution is -2.30. The van der Waals surface area contributed by atoms with E-state index in [9.17, 15) is 0 Å². The third-order valence-electron chi connectivity index (χ3n) is 2.70. The van der Waals surface area contributed by atoms with Crippen LogP contribution in [0.4, 0.5) is 0 Å². The normalized spacial score (nSPS) is 13.1. The Bertz CT molecular complexity index is 165. The molecule has 0 fully saturated rings. The Balaban J connectivity index is 3.58. The van der Waals surface area contributed by atoms with Crippen molar-refractivity contribution in [1.82, 2.24) is 0 Å². The van der Waals surface area contributed by atoms with Gasteiger partial charge in [0, 0.05) is 6.61 Å². The summed E-state index contributed by atoms with van der Waals surface area (Å²) in [5.74, 6) is 0. The quantitative estimate of drug-likeness (QED) is 0.520. The predicted molar refractivity (Wildman–Crippen MR) is 72.9 cm³/mol. The van der Waals surface area contributed by atoms with Crippen molar-refractivity contribution in [2.75, 3.05) is 6.61 Å². The number of ether oxygens (including phenoxy) is 1. The fourth-order valence-corrected chi connectivity index (χ4v) is 2.38. The van der Waals surface area contributed by atoms with Gasteiger partial charge in [0.2, 0.25) is 0 Å². The van der Waals surface area contributed by atoms with Gasteiger partial charge in [0.05, 0.1) is 5.60 Å². The second-order valence-electron chi connectivity index (χ2n) is 6.76. The highest BCUT2D eigenvalue weighted by Gasteiger charge is 2.25. The zero-order valence-corrected chi connectivity index (χ0v) is 12.4. The van der Waals surface area contributed by atoms with E-state index in [2.05, 4.69) is 41.5 Å². The van der Waals surface area contributed by atoms with Gasteiger partial charge in [-0.3, -0.25) is 0 Å². The van der Waals surface area contributed by atoms with Crippen molar-refractivity contribution in [2.45, 2.75) is 85.7 Å². The molecule has 0 amide bonds. The van der Waals surface area contributed by atoms with Gasteiger partial charge in [-0.05, 0) is 32.1 Å². The molecule has 0 atom stereocenters. The molecule has 0 radical (unpaired) electrons. The SMILES string of the molecule is CCCCCCCOC(C)(C)CC(C)(C)C. The van der Waals surface area contributed by atoms with Crippen LogP contribution in [-0.4, -0.2) is 12.2 Å². The fourth-order valence-electron chi connectivity index (χ4n) is 2.38. The monoisotopic (exact) mass is 228 g/mol. The van der Waals surface area contributed by atoms with Crippen LogP contribution in [0.15, 0.2) is 0 Å². The molecule has 0 aliphatic rings. The van der Waals surface area contributed by atoms with Gasteiger partial charge in [0.15, 0.2) is 0 Å². The molecule has 0 saturated heterocycles. The average molecular weight is 228 g/mol. The molecule has 0 aliphatic heterocycles. The number of hydrogen-bond donors (Lipinski definition) is 0. The maximum Gasteiger partial charge on any atom is 0.0631 e. The minimum absolute atomic E-state index is 0.0308. The van der Waals surface area contributed by atoms with Crippen LogP contribution >= 0.6 is 0 Å². The van der Waals surface area contributed by atoms with Gasteiger partial charge in [-0.15, -0.1) is 0 Å². The van der Waals surface area contributed by atoms with Crippen molar-refractivity contribution in [2.24, 2.45) is 5.41 Å². The Morgan fingerprint density at radius 1 is 0.812 bits per heavy atom. The van der Waals surface area contributed by atoms with E-state index >= 15 is 0 Å². The molecule has 0 aromatic rings. The first-order valence-corrected chi connectivity index (χ1v) is 6.91. The minimum Gasteiger partial charge on any atom is -0.376 e. The Kier molecular flexibility index (Phi) is 7.30. The van der Waals surface area contributed by atoms with Gasteiger partial charge in [-0.2, -0.15) is 0 Å². The summed E-state index contributed by atoms with van der Waals surface area (Å²) in [6, 6.07) is 0. The van der Waals surface area contributed by atoms with E-state index in [1.165, 1.54) is 32.1 Å². The standard InChI is InChI=1S/C15H32O/c1-7-8-9-10-11-12-16-15(5,6)13-14(2,3)4/h7-13H2,1-6H3. The molecule has 98 valence electrons. The first-order valence-electron chi connectivity index (χ1n) is 6.91. The third-order valence-corrected chi connectivity index (χ3v) is 2.70. The van der Waals surface area contributed by atoms with Crippen molar-refractivity contribution in [1.29, 1.82) is 0 Å². The first-order chi connectivity index (χ1) is 7.27. The molecule has 0 bridgehead atoms. The first kappa shape index (κ1) is 16.0. The number of rotatable bonds is 8. The molecule has 0 saturated carbocycles. The zero-order valence-electron chi connectivity index (χ0n) is 12.4. The van der Waals surface area contributed by atoms with Gasteiger partial charge >= 0.3 is 0 Å². The highest BCUT2D eigenvalue weighted by Crippen LogP contribution is 2.29. The lowest BCUT2D eigenvalue weighted by molar-refractivity contribution is -0.0445. The molecule has 0 rings (SSSR count). The lowest BCUT2D eigenvalue weighted by atomic mass is 9.83. The van der Waals surface area contributed by atoms with Crippen LogP contribution < -0.4 is 0 Å². The average Bonchev–Trinajstić information content (AvgIpc) is 2.06. The van der Waals surface area contributed by atoms with Crippen LogP contribution in [0.3, 0.4) is 0 Å². The molecule has 0 heterocycles. The van der Waals surface area contributed by atoms with Crippen molar-refractivity contribution in [3.63, 3.8) is 0 Å². The summed E-state index contributed by atoms with van der Waals surface area (Å²) < 4.78 is 5.99. The molecular formula is C15H32O. The lowest BCUT2D eigenvalue weighted by Gasteiger charge is -2.32. The molecule has 0 aromatic heterocycles. The molecule has 1 heteroatoms. The highest BCUT2D eigenvalue weighted by molar-refractivity contribution is 4.76. The van der Waals surface area contributed by atoms with Crippen molar-refractivity contribution < 1.29 is 4.74 Å². The Morgan fingerprint density at radius 2 is 1.38 bits per heavy atom. The van der Waals surface area contributed by atoms with Crippen molar-refractivity contribution >= 4 is 0 Å². The number of unbranched alkanes of at least 4 members (excludes halogenated alkanes) is 4. The largest absolute Gasteiger partial charge is 0.376 e. The van der Waals surface area contributed by atoms with E-state index in [1.54, 1.807) is 0 Å². The van der Waals surface area contributed by atoms with Gasteiger partial charge in [0.1, 0.15) is 0 Å². The van der Waals surface area contributed by atoms with E-state index in [0.717, 1.165) is 13.0 Å². The second kappa shape index (κ2) is 7.32. The maximum atomic E-state index is 5.99. The van der Waals surface area contributed by atoms with E-state index in [4.69, 9.17) is 4.74 Å². The number of hydrogen-bond acceptors (Lipinski definition) is 1. The zero-order chi connectivity index (χ0) is 12.7. The maximum absolute atomic E-state index is 5.99. The summed E-state index contributed by atoms with van der Waals surface area (Å²) in [4.78, 5) is 0. The molecule has 0 N–H and O–H groups in total. The summed E-state index contributed by atoms with van der Waals surface area (Å²) in [5.41, 5.74) is 0.384. The molecular weight excluding hydrogens is 196 g/mol. The summed E-state index contributed by atoms with van der Waals surface area (Å²) in [7, 11) is 0. The van der Waals surface area contributed by atoms with E-state index < -0.39 is 0 Å². The second-order valence-corrected chi connectivity index (χ2v) is 6.76. The van der Waals surface area contributed by atoms with Crippen LogP contribution in [0.1, 0.15) is 80.1 Å². The molecule has 0 aliphatic carbocycles. The van der Waals surface area contributed by atoms with E-state index in [0.29, 0.717) is 5.41 Å². The predicted octanol–water partition coefficient (Wildman–Crippen LogP) is 5.19. The van der Waals surface area contributed by atoms with Gasteiger partial charge in [-0.1, -0.05) is 53.4 Å². The molecule has 1 nitrogen and oxygen atoms in total. The fraction of sp³-hybridized carbons (Fsp3) is 1.00. The van der Waals surface area contributed by atoms with Crippen LogP contribution in [0.25, 0.3) is 0 Å².